The van der Waals surface area contributed by atoms with Crippen LogP contribution in [0.5, 0.6) is 5.75 Å². The number of nitrogens with zero attached hydrogens (tertiary/aromatic N) is 1. The third-order valence-electron chi connectivity index (χ3n) is 5.63. The second-order valence-corrected chi connectivity index (χ2v) is 10.1. The Morgan fingerprint density at radius 3 is 2.31 bits per heavy atom. The van der Waals surface area contributed by atoms with Crippen LogP contribution in [0.3, 0.4) is 0 Å². The number of halogens is 3. The second-order valence-electron chi connectivity index (χ2n) is 8.41. The zero-order valence-corrected chi connectivity index (χ0v) is 22.7. The number of imide groups is 2. The number of amides is 4. The highest BCUT2D eigenvalue weighted by molar-refractivity contribution is 9.10. The molecule has 4 rings (SSSR count). The summed E-state index contributed by atoms with van der Waals surface area (Å²) < 4.78 is 6.40. The van der Waals surface area contributed by atoms with Gasteiger partial charge in [0.2, 0.25) is 0 Å². The summed E-state index contributed by atoms with van der Waals surface area (Å²) >= 11 is 15.6. The average Bonchev–Trinajstić information content (AvgIpc) is 2.79. The Kier molecular flexibility index (Phi) is 7.54. The SMILES string of the molecule is COc1cc(/C=C2\C(=O)NC(=O)N(c3ccc(Cl)c(Cl)c3)C2=O)cc(Br)c1Cc1cc(C)cc(C)c1. The number of urea groups is 1. The molecule has 6 nitrogen and oxygen atoms in total. The smallest absolute Gasteiger partial charge is 0.335 e. The van der Waals surface area contributed by atoms with Crippen LogP contribution >= 0.6 is 39.1 Å². The van der Waals surface area contributed by atoms with Crippen LogP contribution in [0, 0.1) is 13.8 Å². The van der Waals surface area contributed by atoms with Crippen LogP contribution in [0.4, 0.5) is 10.5 Å². The Labute approximate surface area is 227 Å². The number of aryl methyl sites for hydroxylation is 2. The number of carbonyl (C=O) groups excluding carboxylic acids is 3. The lowest BCUT2D eigenvalue weighted by molar-refractivity contribution is -0.122. The molecule has 0 bridgehead atoms. The molecule has 0 aromatic heterocycles. The first-order valence-corrected chi connectivity index (χ1v) is 12.4. The highest BCUT2D eigenvalue weighted by Crippen LogP contribution is 2.33. The third kappa shape index (κ3) is 5.33. The Bertz CT molecular complexity index is 1430. The number of anilines is 1. The molecule has 4 amide bonds. The maximum atomic E-state index is 13.2. The van der Waals surface area contributed by atoms with Gasteiger partial charge >= 0.3 is 6.03 Å². The van der Waals surface area contributed by atoms with Crippen molar-refractivity contribution < 1.29 is 19.1 Å². The van der Waals surface area contributed by atoms with Crippen molar-refractivity contribution in [2.75, 3.05) is 12.0 Å². The summed E-state index contributed by atoms with van der Waals surface area (Å²) in [6, 6.07) is 13.4. The van der Waals surface area contributed by atoms with Crippen LogP contribution in [0.2, 0.25) is 10.0 Å². The summed E-state index contributed by atoms with van der Waals surface area (Å²) in [5.41, 5.74) is 4.93. The zero-order valence-electron chi connectivity index (χ0n) is 19.6. The van der Waals surface area contributed by atoms with Crippen LogP contribution in [-0.4, -0.2) is 25.0 Å². The van der Waals surface area contributed by atoms with Crippen LogP contribution < -0.4 is 15.0 Å². The molecule has 3 aromatic rings. The highest BCUT2D eigenvalue weighted by Gasteiger charge is 2.37. The van der Waals surface area contributed by atoms with Gasteiger partial charge in [-0.1, -0.05) is 68.5 Å². The molecule has 1 N–H and O–H groups in total. The lowest BCUT2D eigenvalue weighted by Gasteiger charge is -2.26. The van der Waals surface area contributed by atoms with E-state index >= 15 is 0 Å². The van der Waals surface area contributed by atoms with Gasteiger partial charge in [0.1, 0.15) is 11.3 Å². The van der Waals surface area contributed by atoms with E-state index in [4.69, 9.17) is 27.9 Å². The lowest BCUT2D eigenvalue weighted by Crippen LogP contribution is -2.54. The van der Waals surface area contributed by atoms with E-state index in [2.05, 4.69) is 53.3 Å². The van der Waals surface area contributed by atoms with E-state index in [9.17, 15) is 14.4 Å². The van der Waals surface area contributed by atoms with Crippen molar-refractivity contribution in [1.29, 1.82) is 0 Å². The van der Waals surface area contributed by atoms with Crippen molar-refractivity contribution in [3.8, 4) is 5.75 Å². The van der Waals surface area contributed by atoms with Crippen molar-refractivity contribution in [3.63, 3.8) is 0 Å². The van der Waals surface area contributed by atoms with Gasteiger partial charge in [0, 0.05) is 16.5 Å². The zero-order chi connectivity index (χ0) is 26.1. The maximum Gasteiger partial charge on any atom is 0.335 e. The van der Waals surface area contributed by atoms with Gasteiger partial charge in [-0.3, -0.25) is 14.9 Å². The van der Waals surface area contributed by atoms with Crippen molar-refractivity contribution in [1.82, 2.24) is 5.32 Å². The molecule has 0 atom stereocenters. The molecule has 1 aliphatic heterocycles. The number of carbonyl (C=O) groups is 3. The van der Waals surface area contributed by atoms with Gasteiger partial charge in [-0.2, -0.15) is 0 Å². The summed E-state index contributed by atoms with van der Waals surface area (Å²) in [6.07, 6.45) is 2.05. The molecule has 1 fully saturated rings. The molecule has 0 aliphatic carbocycles. The summed E-state index contributed by atoms with van der Waals surface area (Å²) in [4.78, 5) is 39.1. The largest absolute Gasteiger partial charge is 0.496 e. The Balaban J connectivity index is 1.71. The molecule has 9 heteroatoms. The number of hydrogen-bond acceptors (Lipinski definition) is 4. The van der Waals surface area contributed by atoms with E-state index in [0.717, 1.165) is 20.5 Å². The number of barbiturate groups is 1. The number of benzene rings is 3. The number of hydrogen-bond donors (Lipinski definition) is 1. The average molecular weight is 588 g/mol. The van der Waals surface area contributed by atoms with Gasteiger partial charge in [-0.15, -0.1) is 0 Å². The molecule has 184 valence electrons. The van der Waals surface area contributed by atoms with Crippen LogP contribution in [0.25, 0.3) is 6.08 Å². The third-order valence-corrected chi connectivity index (χ3v) is 7.08. The molecule has 0 spiro atoms. The molecular weight excluding hydrogens is 567 g/mol. The Morgan fingerprint density at radius 1 is 0.972 bits per heavy atom. The molecule has 36 heavy (non-hydrogen) atoms. The van der Waals surface area contributed by atoms with Crippen LogP contribution in [0.15, 0.2) is 58.6 Å². The van der Waals surface area contributed by atoms with Crippen molar-refractivity contribution in [2.24, 2.45) is 0 Å². The highest BCUT2D eigenvalue weighted by atomic mass is 79.9. The van der Waals surface area contributed by atoms with Gasteiger partial charge in [-0.05, 0) is 61.4 Å². The van der Waals surface area contributed by atoms with E-state index in [1.165, 1.54) is 35.4 Å². The number of ether oxygens (including phenoxy) is 1. The lowest BCUT2D eigenvalue weighted by atomic mass is 9.98. The monoisotopic (exact) mass is 586 g/mol. The molecule has 1 aliphatic rings. The van der Waals surface area contributed by atoms with E-state index in [0.29, 0.717) is 17.7 Å². The first kappa shape index (κ1) is 25.9. The predicted octanol–water partition coefficient (Wildman–Crippen LogP) is 6.64. The quantitative estimate of drug-likeness (QED) is 0.268. The minimum atomic E-state index is -0.872. The molecule has 1 heterocycles. The molecule has 0 radical (unpaired) electrons. The Hall–Kier alpha value is -3.13. The van der Waals surface area contributed by atoms with Gasteiger partial charge < -0.3 is 4.74 Å². The fourth-order valence-corrected chi connectivity index (χ4v) is 5.02. The first-order valence-electron chi connectivity index (χ1n) is 10.9. The van der Waals surface area contributed by atoms with E-state index < -0.39 is 17.8 Å². The van der Waals surface area contributed by atoms with Gasteiger partial charge in [0.05, 0.1) is 22.8 Å². The normalized spacial score (nSPS) is 14.9. The van der Waals surface area contributed by atoms with Gasteiger partial charge in [0.15, 0.2) is 0 Å². The summed E-state index contributed by atoms with van der Waals surface area (Å²) in [6.45, 7) is 4.10. The fraction of sp³-hybridized carbons (Fsp3) is 0.148. The van der Waals surface area contributed by atoms with E-state index in [1.807, 2.05) is 0 Å². The van der Waals surface area contributed by atoms with Crippen molar-refractivity contribution in [2.45, 2.75) is 20.3 Å². The number of nitrogens with one attached hydrogen (secondary N) is 1. The maximum absolute atomic E-state index is 13.2. The first-order chi connectivity index (χ1) is 17.1. The molecule has 0 saturated carbocycles. The minimum absolute atomic E-state index is 0.172. The molecule has 1 saturated heterocycles. The van der Waals surface area contributed by atoms with E-state index in [1.54, 1.807) is 19.2 Å². The fourth-order valence-electron chi connectivity index (χ4n) is 4.13. The standard InChI is InChI=1S/C27H21BrCl2N2O4/c1-14-6-15(2)8-16(7-14)9-19-21(28)11-17(12-24(19)36-3)10-20-25(33)31-27(35)32(26(20)34)18-4-5-22(29)23(30)13-18/h4-8,10-13H,9H2,1-3H3,(H,31,33,35)/b20-10+. The molecule has 3 aromatic carbocycles. The van der Waals surface area contributed by atoms with Crippen molar-refractivity contribution in [3.05, 3.63) is 96.4 Å². The van der Waals surface area contributed by atoms with Crippen molar-refractivity contribution >= 4 is 68.7 Å². The molecular formula is C27H21BrCl2N2O4. The molecule has 0 unspecified atom stereocenters. The van der Waals surface area contributed by atoms with Gasteiger partial charge in [0.25, 0.3) is 11.8 Å². The summed E-state index contributed by atoms with van der Waals surface area (Å²) in [7, 11) is 1.56. The van der Waals surface area contributed by atoms with Crippen LogP contribution in [0.1, 0.15) is 27.8 Å². The summed E-state index contributed by atoms with van der Waals surface area (Å²) in [5.74, 6) is -0.983. The van der Waals surface area contributed by atoms with Gasteiger partial charge in [-0.25, -0.2) is 9.69 Å². The minimum Gasteiger partial charge on any atom is -0.496 e. The Morgan fingerprint density at radius 2 is 1.67 bits per heavy atom. The predicted molar refractivity (Wildman–Crippen MR) is 145 cm³/mol. The second kappa shape index (κ2) is 10.5. The summed E-state index contributed by atoms with van der Waals surface area (Å²) in [5, 5.41) is 2.65. The topological polar surface area (TPSA) is 75.7 Å². The van der Waals surface area contributed by atoms with E-state index in [-0.39, 0.29) is 21.3 Å². The number of methoxy groups -OCH3 is 1. The number of rotatable bonds is 5. The van der Waals surface area contributed by atoms with Crippen LogP contribution in [-0.2, 0) is 16.0 Å².